The van der Waals surface area contributed by atoms with Gasteiger partial charge in [0.15, 0.2) is 4.90 Å². The molecule has 1 aliphatic heterocycles. The molecule has 0 spiro atoms. The number of sulfonamides is 1. The minimum absolute atomic E-state index is 0.0775. The molecule has 2 fully saturated rings. The molecule has 1 N–H and O–H groups in total. The van der Waals surface area contributed by atoms with Crippen LogP contribution in [0.3, 0.4) is 0 Å². The second-order valence-corrected chi connectivity index (χ2v) is 14.8. The van der Waals surface area contributed by atoms with Crippen LogP contribution in [0, 0.1) is 22.5 Å². The summed E-state index contributed by atoms with van der Waals surface area (Å²) < 4.78 is 34.9. The highest BCUT2D eigenvalue weighted by Crippen LogP contribution is 2.44. The fourth-order valence-electron chi connectivity index (χ4n) is 7.14. The van der Waals surface area contributed by atoms with Gasteiger partial charge in [0.1, 0.15) is 0 Å². The van der Waals surface area contributed by atoms with Crippen LogP contribution in [0.1, 0.15) is 73.7 Å². The molecule has 1 heterocycles. The van der Waals surface area contributed by atoms with Gasteiger partial charge in [0.05, 0.1) is 23.3 Å². The predicted octanol–water partition coefficient (Wildman–Crippen LogP) is 7.19. The minimum Gasteiger partial charge on any atom is -0.465 e. The Hall–Kier alpha value is -3.96. The van der Waals surface area contributed by atoms with Crippen LogP contribution in [0.15, 0.2) is 77.7 Å². The van der Waals surface area contributed by atoms with Gasteiger partial charge in [0, 0.05) is 37.4 Å². The number of aryl methyl sites for hydroxylation is 1. The number of hydrogen-bond acceptors (Lipinski definition) is 8. The highest BCUT2D eigenvalue weighted by Gasteiger charge is 2.38. The van der Waals surface area contributed by atoms with E-state index in [-0.39, 0.29) is 23.2 Å². The second kappa shape index (κ2) is 15.3. The van der Waals surface area contributed by atoms with Crippen molar-refractivity contribution < 1.29 is 22.9 Å². The van der Waals surface area contributed by atoms with Crippen molar-refractivity contribution in [3.63, 3.8) is 0 Å². The van der Waals surface area contributed by atoms with Gasteiger partial charge < -0.3 is 15.0 Å². The van der Waals surface area contributed by atoms with Gasteiger partial charge in [-0.25, -0.2) is 13.2 Å². The molecule has 47 heavy (non-hydrogen) atoms. The first kappa shape index (κ1) is 34.4. The largest absolute Gasteiger partial charge is 0.465 e. The third-order valence-electron chi connectivity index (χ3n) is 9.94. The van der Waals surface area contributed by atoms with Crippen LogP contribution in [-0.2, 0) is 14.8 Å². The summed E-state index contributed by atoms with van der Waals surface area (Å²) in [5, 5.41) is 15.6. The second-order valence-electron chi connectivity index (χ2n) is 13.0. The smallest absolute Gasteiger partial charge is 0.340 e. The van der Waals surface area contributed by atoms with Crippen molar-refractivity contribution in [3.05, 3.63) is 94.0 Å². The molecule has 0 amide bonds. The van der Waals surface area contributed by atoms with E-state index in [2.05, 4.69) is 41.4 Å². The molecule has 0 radical (unpaired) electrons. The summed E-state index contributed by atoms with van der Waals surface area (Å²) in [7, 11) is -3.18. The Bertz CT molecular complexity index is 1630. The number of benzene rings is 3. The third kappa shape index (κ3) is 8.31. The monoisotopic (exact) mass is 662 g/mol. The van der Waals surface area contributed by atoms with Gasteiger partial charge in [0.25, 0.3) is 15.7 Å². The van der Waals surface area contributed by atoms with Gasteiger partial charge in [-0.05, 0) is 87.7 Å². The highest BCUT2D eigenvalue weighted by atomic mass is 32.2. The lowest BCUT2D eigenvalue weighted by atomic mass is 9.69. The van der Waals surface area contributed by atoms with Crippen molar-refractivity contribution in [3.8, 4) is 0 Å². The van der Waals surface area contributed by atoms with E-state index < -0.39 is 31.5 Å². The molecule has 1 saturated heterocycles. The number of nitrogens with zero attached hydrogens (tertiary/aromatic N) is 3. The average Bonchev–Trinajstić information content (AvgIpc) is 3.09. The lowest BCUT2D eigenvalue weighted by Crippen LogP contribution is -2.42. The molecule has 252 valence electrons. The normalized spacial score (nSPS) is 17.1. The van der Waals surface area contributed by atoms with E-state index >= 15 is 0 Å². The van der Waals surface area contributed by atoms with E-state index in [1.807, 2.05) is 0 Å². The number of likely N-dealkylation sites (tertiary alicyclic amines) is 1. The third-order valence-corrected chi connectivity index (χ3v) is 11.8. The molecule has 0 bridgehead atoms. The molecular weight excluding hydrogens is 616 g/mol. The number of piperidine rings is 1. The van der Waals surface area contributed by atoms with Crippen molar-refractivity contribution in [1.82, 2.24) is 4.90 Å². The summed E-state index contributed by atoms with van der Waals surface area (Å²) in [5.74, 6) is -0.670. The number of hydrogen-bond donors (Lipinski definition) is 1. The van der Waals surface area contributed by atoms with Crippen LogP contribution >= 0.6 is 0 Å². The molecule has 10 nitrogen and oxygen atoms in total. The maximum atomic E-state index is 14.3. The molecule has 1 aliphatic carbocycles. The van der Waals surface area contributed by atoms with Gasteiger partial charge in [-0.2, -0.15) is 0 Å². The van der Waals surface area contributed by atoms with Crippen LogP contribution in [0.4, 0.5) is 17.1 Å². The zero-order valence-corrected chi connectivity index (χ0v) is 28.2. The zero-order chi connectivity index (χ0) is 33.4. The molecule has 1 saturated carbocycles. The maximum absolute atomic E-state index is 14.3. The number of carbonyl (C=O) groups is 1. The fourth-order valence-corrected chi connectivity index (χ4v) is 8.78. The molecule has 0 atom stereocenters. The van der Waals surface area contributed by atoms with Crippen molar-refractivity contribution >= 4 is 33.1 Å². The lowest BCUT2D eigenvalue weighted by molar-refractivity contribution is -0.387. The Balaban J connectivity index is 1.34. The van der Waals surface area contributed by atoms with Crippen LogP contribution in [-0.4, -0.2) is 63.5 Å². The van der Waals surface area contributed by atoms with Crippen LogP contribution in [0.2, 0.25) is 0 Å². The summed E-state index contributed by atoms with van der Waals surface area (Å²) >= 11 is 0. The van der Waals surface area contributed by atoms with Crippen LogP contribution in [0.25, 0.3) is 0 Å². The fraction of sp³-hybridized carbons (Fsp3) is 0.472. The van der Waals surface area contributed by atoms with E-state index in [4.69, 9.17) is 4.74 Å². The van der Waals surface area contributed by atoms with Gasteiger partial charge >= 0.3 is 5.97 Å². The van der Waals surface area contributed by atoms with Gasteiger partial charge in [-0.1, -0.05) is 61.2 Å². The quantitative estimate of drug-likeness (QED) is 0.116. The van der Waals surface area contributed by atoms with E-state index in [1.165, 1.54) is 47.3 Å². The summed E-state index contributed by atoms with van der Waals surface area (Å²) in [6.45, 7) is 5.13. The number of methoxy groups -OCH3 is 1. The molecular formula is C36H46N4O6S. The molecule has 2 aliphatic rings. The van der Waals surface area contributed by atoms with E-state index in [9.17, 15) is 23.3 Å². The van der Waals surface area contributed by atoms with Gasteiger partial charge in [0.2, 0.25) is 0 Å². The summed E-state index contributed by atoms with van der Waals surface area (Å²) in [5.41, 5.74) is 2.08. The highest BCUT2D eigenvalue weighted by molar-refractivity contribution is 7.93. The Morgan fingerprint density at radius 1 is 0.979 bits per heavy atom. The number of para-hydroxylation sites is 2. The van der Waals surface area contributed by atoms with Crippen LogP contribution < -0.4 is 9.62 Å². The van der Waals surface area contributed by atoms with Crippen molar-refractivity contribution in [2.45, 2.75) is 75.6 Å². The molecule has 0 unspecified atom stereocenters. The molecule has 3 aromatic rings. The zero-order valence-electron chi connectivity index (χ0n) is 27.4. The molecule has 0 aromatic heterocycles. The lowest BCUT2D eigenvalue weighted by Gasteiger charge is -2.41. The molecule has 3 aromatic carbocycles. The predicted molar refractivity (Wildman–Crippen MR) is 184 cm³/mol. The summed E-state index contributed by atoms with van der Waals surface area (Å²) in [4.78, 5) is 26.2. The van der Waals surface area contributed by atoms with Crippen molar-refractivity contribution in [2.75, 3.05) is 42.9 Å². The first-order valence-electron chi connectivity index (χ1n) is 16.6. The van der Waals surface area contributed by atoms with Crippen molar-refractivity contribution in [2.24, 2.45) is 5.41 Å². The Morgan fingerprint density at radius 3 is 2.32 bits per heavy atom. The molecule has 11 heteroatoms. The van der Waals surface area contributed by atoms with Crippen molar-refractivity contribution in [1.29, 1.82) is 0 Å². The number of carbonyl (C=O) groups excluding carboxylic acids is 1. The Labute approximate surface area is 278 Å². The minimum atomic E-state index is -4.42. The number of ether oxygens (including phenoxy) is 1. The standard InChI is InChI=1S/C36H46N4O6S/c1-28-14-16-29(17-15-28)37-30-18-24-38(25-19-30)26-22-36(20-8-3-9-21-36)23-27-39(32-11-5-4-10-31(32)35(41)46-2)47(44,45)34-13-7-6-12-33(34)40(42)43/h4-7,10-17,30,37H,3,8-9,18-27H2,1-2H3. The first-order valence-corrected chi connectivity index (χ1v) is 18.0. The van der Waals surface area contributed by atoms with E-state index in [1.54, 1.807) is 18.2 Å². The number of rotatable bonds is 13. The number of anilines is 2. The molecule has 5 rings (SSSR count). The van der Waals surface area contributed by atoms with Gasteiger partial charge in [-0.15, -0.1) is 0 Å². The average molecular weight is 663 g/mol. The Morgan fingerprint density at radius 2 is 1.64 bits per heavy atom. The number of nitrogens with one attached hydrogen (secondary N) is 1. The first-order chi connectivity index (χ1) is 22.6. The number of nitro groups is 1. The summed E-state index contributed by atoms with van der Waals surface area (Å²) in [6, 6.07) is 20.7. The van der Waals surface area contributed by atoms with Gasteiger partial charge in [-0.3, -0.25) is 14.4 Å². The topological polar surface area (TPSA) is 122 Å². The number of nitro benzene ring substituents is 1. The maximum Gasteiger partial charge on any atom is 0.340 e. The SMILES string of the molecule is COC(=O)c1ccccc1N(CCC1(CCN2CCC(Nc3ccc(C)cc3)CC2)CCCCC1)S(=O)(=O)c1ccccc1[N+](=O)[O-]. The van der Waals surface area contributed by atoms with E-state index in [0.717, 1.165) is 76.7 Å². The van der Waals surface area contributed by atoms with E-state index in [0.29, 0.717) is 12.5 Å². The summed E-state index contributed by atoms with van der Waals surface area (Å²) in [6.07, 6.45) is 8.96. The Kier molecular flexibility index (Phi) is 11.2. The van der Waals surface area contributed by atoms with Crippen LogP contribution in [0.5, 0.6) is 0 Å². The number of esters is 1.